The summed E-state index contributed by atoms with van der Waals surface area (Å²) in [5, 5.41) is 0.661. The molecule has 1 aliphatic rings. The average Bonchev–Trinajstić information content (AvgIpc) is 2.88. The molecule has 1 atom stereocenters. The van der Waals surface area contributed by atoms with Gasteiger partial charge < -0.3 is 4.90 Å². The third kappa shape index (κ3) is 5.08. The molecule has 0 aromatic heterocycles. The van der Waals surface area contributed by atoms with Gasteiger partial charge in [0.1, 0.15) is 0 Å². The van der Waals surface area contributed by atoms with E-state index in [-0.39, 0.29) is 23.5 Å². The Bertz CT molecular complexity index is 728. The molecule has 0 radical (unpaired) electrons. The molecule has 4 nitrogen and oxygen atoms in total. The average molecular weight is 370 g/mol. The second-order valence-electron chi connectivity index (χ2n) is 6.28. The van der Waals surface area contributed by atoms with Gasteiger partial charge in [0, 0.05) is 23.7 Å². The maximum Gasteiger partial charge on any atom is 0.246 e. The second-order valence-corrected chi connectivity index (χ2v) is 8.92. The number of carbonyl (C=O) groups excluding carboxylic acids is 1. The van der Waals surface area contributed by atoms with Crippen LogP contribution in [0, 0.1) is 6.92 Å². The van der Waals surface area contributed by atoms with Gasteiger partial charge in [0.2, 0.25) is 5.91 Å². The van der Waals surface area contributed by atoms with Gasteiger partial charge in [-0.2, -0.15) is 0 Å². The Balaban J connectivity index is 2.12. The van der Waals surface area contributed by atoms with Crippen molar-refractivity contribution in [3.8, 4) is 0 Å². The van der Waals surface area contributed by atoms with Gasteiger partial charge in [-0.3, -0.25) is 4.79 Å². The fourth-order valence-corrected chi connectivity index (χ4v) is 4.72. The Morgan fingerprint density at radius 3 is 2.75 bits per heavy atom. The zero-order valence-electron chi connectivity index (χ0n) is 14.2. The normalized spacial score (nSPS) is 19.7. The molecule has 0 N–H and O–H groups in total. The van der Waals surface area contributed by atoms with Gasteiger partial charge in [0.25, 0.3) is 0 Å². The molecule has 24 heavy (non-hydrogen) atoms. The molecular formula is C18H24ClNO3S. The van der Waals surface area contributed by atoms with Crippen molar-refractivity contribution in [1.82, 2.24) is 4.90 Å². The first-order valence-corrected chi connectivity index (χ1v) is 10.5. The highest BCUT2D eigenvalue weighted by molar-refractivity contribution is 7.91. The highest BCUT2D eigenvalue weighted by atomic mass is 35.5. The SMILES string of the molecule is CCCCN(C(=O)/C=C/c1ccc(C)c(Cl)c1)C1CCS(=O)(=O)C1. The minimum Gasteiger partial charge on any atom is -0.335 e. The van der Waals surface area contributed by atoms with Crippen LogP contribution in [0.15, 0.2) is 24.3 Å². The van der Waals surface area contributed by atoms with E-state index in [9.17, 15) is 13.2 Å². The van der Waals surface area contributed by atoms with Crippen molar-refractivity contribution in [2.24, 2.45) is 0 Å². The summed E-state index contributed by atoms with van der Waals surface area (Å²) in [6, 6.07) is 5.42. The molecule has 0 spiro atoms. The minimum atomic E-state index is -3.01. The summed E-state index contributed by atoms with van der Waals surface area (Å²) < 4.78 is 23.4. The second kappa shape index (κ2) is 8.17. The van der Waals surface area contributed by atoms with E-state index in [0.717, 1.165) is 24.0 Å². The lowest BCUT2D eigenvalue weighted by atomic mass is 10.1. The Morgan fingerprint density at radius 1 is 1.42 bits per heavy atom. The molecule has 1 heterocycles. The first-order valence-electron chi connectivity index (χ1n) is 8.27. The lowest BCUT2D eigenvalue weighted by Gasteiger charge is -2.27. The number of amides is 1. The van der Waals surface area contributed by atoms with Crippen LogP contribution in [0.5, 0.6) is 0 Å². The van der Waals surface area contributed by atoms with Crippen LogP contribution < -0.4 is 0 Å². The van der Waals surface area contributed by atoms with Crippen LogP contribution in [0.3, 0.4) is 0 Å². The summed E-state index contributed by atoms with van der Waals surface area (Å²) in [5.41, 5.74) is 1.84. The first-order chi connectivity index (χ1) is 11.3. The molecule has 0 saturated carbocycles. The molecule has 1 unspecified atom stereocenters. The molecule has 2 rings (SSSR count). The van der Waals surface area contributed by atoms with Gasteiger partial charge in [0.15, 0.2) is 9.84 Å². The number of benzene rings is 1. The zero-order chi connectivity index (χ0) is 17.7. The van der Waals surface area contributed by atoms with Crippen LogP contribution in [0.2, 0.25) is 5.02 Å². The lowest BCUT2D eigenvalue weighted by molar-refractivity contribution is -0.127. The molecule has 1 fully saturated rings. The van der Waals surface area contributed by atoms with Crippen molar-refractivity contribution < 1.29 is 13.2 Å². The summed E-state index contributed by atoms with van der Waals surface area (Å²) in [4.78, 5) is 14.3. The monoisotopic (exact) mass is 369 g/mol. The molecule has 0 aliphatic carbocycles. The zero-order valence-corrected chi connectivity index (χ0v) is 15.7. The smallest absolute Gasteiger partial charge is 0.246 e. The van der Waals surface area contributed by atoms with E-state index in [0.29, 0.717) is 18.0 Å². The number of carbonyl (C=O) groups is 1. The third-order valence-corrected chi connectivity index (χ3v) is 6.46. The van der Waals surface area contributed by atoms with E-state index in [1.807, 2.05) is 25.1 Å². The Hall–Kier alpha value is -1.33. The molecule has 132 valence electrons. The fourth-order valence-electron chi connectivity index (χ4n) is 2.80. The molecule has 6 heteroatoms. The molecule has 1 aliphatic heterocycles. The highest BCUT2D eigenvalue weighted by Gasteiger charge is 2.33. The van der Waals surface area contributed by atoms with Crippen molar-refractivity contribution in [2.75, 3.05) is 18.1 Å². The topological polar surface area (TPSA) is 54.5 Å². The van der Waals surface area contributed by atoms with E-state index in [4.69, 9.17) is 11.6 Å². The van der Waals surface area contributed by atoms with Crippen molar-refractivity contribution in [3.63, 3.8) is 0 Å². The fraction of sp³-hybridized carbons (Fsp3) is 0.500. The van der Waals surface area contributed by atoms with Crippen LogP contribution in [0.1, 0.15) is 37.3 Å². The van der Waals surface area contributed by atoms with Crippen molar-refractivity contribution in [3.05, 3.63) is 40.4 Å². The van der Waals surface area contributed by atoms with Gasteiger partial charge in [0.05, 0.1) is 11.5 Å². The maximum absolute atomic E-state index is 12.6. The standard InChI is InChI=1S/C18H24ClNO3S/c1-3-4-10-20(16-9-11-24(22,23)13-16)18(21)8-7-15-6-5-14(2)17(19)12-15/h5-8,12,16H,3-4,9-11,13H2,1-2H3/b8-7+. The quantitative estimate of drug-likeness (QED) is 0.721. The highest BCUT2D eigenvalue weighted by Crippen LogP contribution is 2.20. The molecular weight excluding hydrogens is 346 g/mol. The van der Waals surface area contributed by atoms with Crippen molar-refractivity contribution in [2.45, 2.75) is 39.2 Å². The summed E-state index contributed by atoms with van der Waals surface area (Å²) in [7, 11) is -3.01. The van der Waals surface area contributed by atoms with Gasteiger partial charge in [-0.1, -0.05) is 37.1 Å². The number of nitrogens with zero attached hydrogens (tertiary/aromatic N) is 1. The number of rotatable bonds is 6. The third-order valence-electron chi connectivity index (χ3n) is 4.30. The Labute approximate surface area is 149 Å². The van der Waals surface area contributed by atoms with Crippen LogP contribution in [-0.4, -0.2) is 43.3 Å². The van der Waals surface area contributed by atoms with Crippen molar-refractivity contribution >= 4 is 33.4 Å². The molecule has 1 amide bonds. The number of sulfone groups is 1. The van der Waals surface area contributed by atoms with Crippen molar-refractivity contribution in [1.29, 1.82) is 0 Å². The largest absolute Gasteiger partial charge is 0.335 e. The summed E-state index contributed by atoms with van der Waals surface area (Å²) in [6.07, 6.45) is 5.60. The van der Waals surface area contributed by atoms with Gasteiger partial charge in [-0.15, -0.1) is 0 Å². The van der Waals surface area contributed by atoms with E-state index >= 15 is 0 Å². The number of hydrogen-bond acceptors (Lipinski definition) is 3. The van der Waals surface area contributed by atoms with Crippen LogP contribution in [0.25, 0.3) is 6.08 Å². The summed E-state index contributed by atoms with van der Waals surface area (Å²) >= 11 is 6.10. The van der Waals surface area contributed by atoms with Gasteiger partial charge in [-0.05, 0) is 43.0 Å². The molecule has 1 aromatic rings. The van der Waals surface area contributed by atoms with Crippen LogP contribution in [-0.2, 0) is 14.6 Å². The minimum absolute atomic E-state index is 0.0760. The maximum atomic E-state index is 12.6. The van der Waals surface area contributed by atoms with Gasteiger partial charge >= 0.3 is 0 Å². The van der Waals surface area contributed by atoms with E-state index in [2.05, 4.69) is 6.92 Å². The van der Waals surface area contributed by atoms with E-state index < -0.39 is 9.84 Å². The lowest BCUT2D eigenvalue weighted by Crippen LogP contribution is -2.40. The number of aryl methyl sites for hydroxylation is 1. The summed E-state index contributed by atoms with van der Waals surface area (Å²) in [5.74, 6) is 0.111. The van der Waals surface area contributed by atoms with Gasteiger partial charge in [-0.25, -0.2) is 8.42 Å². The van der Waals surface area contributed by atoms with Crippen LogP contribution >= 0.6 is 11.6 Å². The molecule has 1 aromatic carbocycles. The molecule has 0 bridgehead atoms. The predicted octanol–water partition coefficient (Wildman–Crippen LogP) is 3.48. The number of halogens is 1. The van der Waals surface area contributed by atoms with Crippen LogP contribution in [0.4, 0.5) is 0 Å². The predicted molar refractivity (Wildman–Crippen MR) is 98.9 cm³/mol. The van der Waals surface area contributed by atoms with E-state index in [1.54, 1.807) is 11.0 Å². The number of hydrogen-bond donors (Lipinski definition) is 0. The Kier molecular flexibility index (Phi) is 6.47. The van der Waals surface area contributed by atoms with E-state index in [1.165, 1.54) is 6.08 Å². The summed E-state index contributed by atoms with van der Waals surface area (Å²) in [6.45, 7) is 4.57. The molecule has 1 saturated heterocycles. The Morgan fingerprint density at radius 2 is 2.17 bits per heavy atom. The first kappa shape index (κ1) is 19.0. The number of unbranched alkanes of at least 4 members (excludes halogenated alkanes) is 1.